The van der Waals surface area contributed by atoms with E-state index in [9.17, 15) is 24.3 Å². The summed E-state index contributed by atoms with van der Waals surface area (Å²) in [4.78, 5) is 53.8. The molecule has 44 heavy (non-hydrogen) atoms. The number of carboxylic acid groups (broad SMARTS) is 1. The minimum Gasteiger partial charge on any atom is -0.465 e. The van der Waals surface area contributed by atoms with Crippen molar-refractivity contribution in [3.05, 3.63) is 78.1 Å². The van der Waals surface area contributed by atoms with E-state index in [1.54, 1.807) is 6.07 Å². The Morgan fingerprint density at radius 1 is 1.02 bits per heavy atom. The highest BCUT2D eigenvalue weighted by Crippen LogP contribution is 2.36. The van der Waals surface area contributed by atoms with Crippen LogP contribution in [-0.2, 0) is 16.0 Å². The minimum absolute atomic E-state index is 0.0819. The van der Waals surface area contributed by atoms with Crippen molar-refractivity contribution in [1.29, 1.82) is 0 Å². The smallest absolute Gasteiger partial charge is 0.412 e. The zero-order valence-corrected chi connectivity index (χ0v) is 25.4. The number of benzene rings is 2. The largest absolute Gasteiger partial charge is 0.465 e. The quantitative estimate of drug-likeness (QED) is 0.217. The first kappa shape index (κ1) is 32.2. The van der Waals surface area contributed by atoms with Gasteiger partial charge in [0.1, 0.15) is 11.3 Å². The van der Waals surface area contributed by atoms with Gasteiger partial charge >= 0.3 is 12.2 Å². The van der Waals surface area contributed by atoms with Gasteiger partial charge in [-0.25, -0.2) is 9.59 Å². The van der Waals surface area contributed by atoms with Crippen LogP contribution in [0.1, 0.15) is 75.3 Å². The molecular formula is C34H40N4O6. The van der Waals surface area contributed by atoms with E-state index in [0.29, 0.717) is 61.9 Å². The van der Waals surface area contributed by atoms with Crippen LogP contribution in [0.25, 0.3) is 11.1 Å². The molecule has 0 spiro atoms. The van der Waals surface area contributed by atoms with Gasteiger partial charge in [0, 0.05) is 24.1 Å². The molecule has 232 valence electrons. The van der Waals surface area contributed by atoms with Crippen LogP contribution in [0, 0.1) is 0 Å². The third kappa shape index (κ3) is 9.13. The monoisotopic (exact) mass is 600 g/mol. The van der Waals surface area contributed by atoms with Crippen molar-refractivity contribution in [3.63, 3.8) is 0 Å². The number of alkyl carbamates (subject to hydrolysis) is 1. The molecule has 1 fully saturated rings. The van der Waals surface area contributed by atoms with Crippen LogP contribution >= 0.6 is 0 Å². The summed E-state index contributed by atoms with van der Waals surface area (Å²) in [7, 11) is 0. The summed E-state index contributed by atoms with van der Waals surface area (Å²) < 4.78 is 5.39. The van der Waals surface area contributed by atoms with Crippen LogP contribution in [0.15, 0.2) is 66.9 Å². The second kappa shape index (κ2) is 14.6. The number of anilines is 2. The van der Waals surface area contributed by atoms with E-state index in [4.69, 9.17) is 4.74 Å². The fourth-order valence-corrected chi connectivity index (χ4v) is 5.43. The molecule has 0 radical (unpaired) electrons. The standard InChI is InChI=1S/C34H40N4O6/c1-34(2,3)44-32(41)37-25-15-17-28(18-16-25)38(33(42)43)30-20-23(12-19-29(30)24-9-5-4-6-10-24)8-7-11-31(40)36-26-13-14-27(22-39)35-21-26/h4-6,9-10,12-14,19-22,25,28H,7-8,11,15-18H2,1-3H3,(H,36,40)(H,37,41)(H,42,43). The summed E-state index contributed by atoms with van der Waals surface area (Å²) in [6.45, 7) is 5.45. The van der Waals surface area contributed by atoms with Gasteiger partial charge in [0.05, 0.1) is 17.6 Å². The summed E-state index contributed by atoms with van der Waals surface area (Å²) in [5.74, 6) is -0.171. The highest BCUT2D eigenvalue weighted by atomic mass is 16.6. The SMILES string of the molecule is CC(C)(C)OC(=O)NC1CCC(N(C(=O)O)c2cc(CCCC(=O)Nc3ccc(C=O)nc3)ccc2-c2ccccc2)CC1. The van der Waals surface area contributed by atoms with Gasteiger partial charge in [-0.3, -0.25) is 19.5 Å². The molecule has 1 saturated carbocycles. The van der Waals surface area contributed by atoms with Crippen molar-refractivity contribution in [3.8, 4) is 11.1 Å². The second-order valence-electron chi connectivity index (χ2n) is 12.0. The van der Waals surface area contributed by atoms with Gasteiger partial charge in [-0.1, -0.05) is 42.5 Å². The number of nitrogens with zero attached hydrogens (tertiary/aromatic N) is 2. The van der Waals surface area contributed by atoms with Crippen LogP contribution < -0.4 is 15.5 Å². The Morgan fingerprint density at radius 2 is 1.75 bits per heavy atom. The number of amides is 3. The van der Waals surface area contributed by atoms with Gasteiger partial charge in [0.15, 0.2) is 6.29 Å². The number of ether oxygens (including phenoxy) is 1. The normalized spacial score (nSPS) is 16.4. The summed E-state index contributed by atoms with van der Waals surface area (Å²) in [5, 5.41) is 16.2. The van der Waals surface area contributed by atoms with Crippen molar-refractivity contribution in [2.75, 3.05) is 10.2 Å². The Kier molecular flexibility index (Phi) is 10.7. The van der Waals surface area contributed by atoms with E-state index in [1.165, 1.54) is 17.2 Å². The number of rotatable bonds is 10. The number of hydrogen-bond donors (Lipinski definition) is 3. The van der Waals surface area contributed by atoms with Crippen molar-refractivity contribution in [1.82, 2.24) is 10.3 Å². The highest BCUT2D eigenvalue weighted by Gasteiger charge is 2.32. The van der Waals surface area contributed by atoms with Crippen molar-refractivity contribution in [2.45, 2.75) is 83.4 Å². The number of carbonyl (C=O) groups excluding carboxylic acids is 3. The maximum Gasteiger partial charge on any atom is 0.412 e. The molecule has 10 nitrogen and oxygen atoms in total. The van der Waals surface area contributed by atoms with Crippen LogP contribution in [-0.4, -0.2) is 52.2 Å². The Morgan fingerprint density at radius 3 is 2.36 bits per heavy atom. The number of carbonyl (C=O) groups is 4. The van der Waals surface area contributed by atoms with E-state index in [1.807, 2.05) is 69.3 Å². The number of aldehydes is 1. The molecule has 2 aromatic carbocycles. The molecule has 10 heteroatoms. The average Bonchev–Trinajstić information content (AvgIpc) is 2.98. The van der Waals surface area contributed by atoms with Crippen molar-refractivity contribution in [2.24, 2.45) is 0 Å². The van der Waals surface area contributed by atoms with E-state index in [-0.39, 0.29) is 24.4 Å². The van der Waals surface area contributed by atoms with Crippen LogP contribution in [0.3, 0.4) is 0 Å². The third-order valence-corrected chi connectivity index (χ3v) is 7.46. The van der Waals surface area contributed by atoms with E-state index in [0.717, 1.165) is 16.7 Å². The average molecular weight is 601 g/mol. The molecule has 0 atom stereocenters. The molecule has 1 aliphatic carbocycles. The Hall–Kier alpha value is -4.73. The predicted octanol–water partition coefficient (Wildman–Crippen LogP) is 6.84. The second-order valence-corrected chi connectivity index (χ2v) is 12.0. The predicted molar refractivity (Wildman–Crippen MR) is 169 cm³/mol. The maximum atomic E-state index is 12.8. The van der Waals surface area contributed by atoms with Crippen LogP contribution in [0.2, 0.25) is 0 Å². The molecule has 0 aliphatic heterocycles. The molecule has 0 unspecified atom stereocenters. The first-order valence-electron chi connectivity index (χ1n) is 14.9. The summed E-state index contributed by atoms with van der Waals surface area (Å²) >= 11 is 0. The van der Waals surface area contributed by atoms with Gasteiger partial charge in [0.25, 0.3) is 0 Å². The number of hydrogen-bond acceptors (Lipinski definition) is 6. The minimum atomic E-state index is -1.03. The summed E-state index contributed by atoms with van der Waals surface area (Å²) in [6.07, 6.45) is 4.45. The van der Waals surface area contributed by atoms with Gasteiger partial charge in [-0.15, -0.1) is 0 Å². The lowest BCUT2D eigenvalue weighted by Gasteiger charge is -2.36. The lowest BCUT2D eigenvalue weighted by molar-refractivity contribution is -0.116. The maximum absolute atomic E-state index is 12.8. The fourth-order valence-electron chi connectivity index (χ4n) is 5.43. The fraction of sp³-hybridized carbons (Fsp3) is 0.382. The first-order chi connectivity index (χ1) is 21.0. The first-order valence-corrected chi connectivity index (χ1v) is 14.9. The van der Waals surface area contributed by atoms with E-state index in [2.05, 4.69) is 15.6 Å². The number of nitrogens with one attached hydrogen (secondary N) is 2. The zero-order chi connectivity index (χ0) is 31.7. The highest BCUT2D eigenvalue weighted by molar-refractivity contribution is 5.94. The third-order valence-electron chi connectivity index (χ3n) is 7.46. The molecule has 3 amide bonds. The van der Waals surface area contributed by atoms with Gasteiger partial charge in [0.2, 0.25) is 5.91 Å². The summed E-state index contributed by atoms with van der Waals surface area (Å²) in [5.41, 5.74) is 3.48. The number of pyridine rings is 1. The van der Waals surface area contributed by atoms with Crippen LogP contribution in [0.5, 0.6) is 0 Å². The molecule has 3 aromatic rings. The lowest BCUT2D eigenvalue weighted by atomic mass is 9.89. The van der Waals surface area contributed by atoms with E-state index < -0.39 is 17.8 Å². The number of aromatic nitrogens is 1. The Labute approximate surface area is 257 Å². The van der Waals surface area contributed by atoms with Crippen LogP contribution in [0.4, 0.5) is 21.0 Å². The molecule has 1 aliphatic rings. The van der Waals surface area contributed by atoms with Gasteiger partial charge in [-0.05, 0) is 88.6 Å². The molecule has 0 bridgehead atoms. The van der Waals surface area contributed by atoms with Crippen molar-refractivity contribution >= 4 is 35.8 Å². The van der Waals surface area contributed by atoms with Crippen molar-refractivity contribution < 1.29 is 29.0 Å². The topological polar surface area (TPSA) is 138 Å². The molecule has 4 rings (SSSR count). The summed E-state index contributed by atoms with van der Waals surface area (Å²) in [6, 6.07) is 18.4. The Balaban J connectivity index is 1.46. The number of aryl methyl sites for hydroxylation is 1. The molecule has 1 aromatic heterocycles. The molecule has 0 saturated heterocycles. The zero-order valence-electron chi connectivity index (χ0n) is 25.4. The molecule has 3 N–H and O–H groups in total. The molecule has 1 heterocycles. The van der Waals surface area contributed by atoms with Gasteiger partial charge in [-0.2, -0.15) is 0 Å². The Bertz CT molecular complexity index is 1440. The lowest BCUT2D eigenvalue weighted by Crippen LogP contribution is -2.47. The van der Waals surface area contributed by atoms with Gasteiger partial charge < -0.3 is 20.5 Å². The molecular weight excluding hydrogens is 560 g/mol. The van der Waals surface area contributed by atoms with E-state index >= 15 is 0 Å².